The summed E-state index contributed by atoms with van der Waals surface area (Å²) >= 11 is 0. The minimum absolute atomic E-state index is 0.164. The lowest BCUT2D eigenvalue weighted by Crippen LogP contribution is -2.51. The fourth-order valence-electron chi connectivity index (χ4n) is 1.81. The Morgan fingerprint density at radius 3 is 2.44 bits per heavy atom. The van der Waals surface area contributed by atoms with E-state index in [1.165, 1.54) is 11.0 Å². The molecule has 0 N–H and O–H groups in total. The van der Waals surface area contributed by atoms with Crippen molar-refractivity contribution in [3.63, 3.8) is 0 Å². The van der Waals surface area contributed by atoms with Gasteiger partial charge in [0.05, 0.1) is 6.61 Å². The minimum Gasteiger partial charge on any atom is -0.444 e. The van der Waals surface area contributed by atoms with Crippen LogP contribution < -0.4 is 0 Å². The number of carbonyl (C=O) groups is 2. The molecule has 102 valence electrons. The summed E-state index contributed by atoms with van der Waals surface area (Å²) < 4.78 is 10.8. The Kier molecular flexibility index (Phi) is 3.86. The number of nitrogens with zero attached hydrogens (tertiary/aromatic N) is 1. The second-order valence-electron chi connectivity index (χ2n) is 5.73. The van der Waals surface area contributed by atoms with Crippen molar-refractivity contribution >= 4 is 11.9 Å². The molecule has 0 radical (unpaired) electrons. The molecule has 1 aliphatic rings. The van der Waals surface area contributed by atoms with Crippen molar-refractivity contribution in [2.75, 3.05) is 6.61 Å². The minimum atomic E-state index is -0.855. The van der Waals surface area contributed by atoms with Gasteiger partial charge in [-0.2, -0.15) is 0 Å². The second kappa shape index (κ2) is 4.72. The summed E-state index contributed by atoms with van der Waals surface area (Å²) in [5.41, 5.74) is -1.47. The third kappa shape index (κ3) is 3.10. The molecular formula is C13H21NO4. The monoisotopic (exact) mass is 255 g/mol. The molecule has 1 rings (SSSR count). The van der Waals surface area contributed by atoms with E-state index in [1.54, 1.807) is 34.6 Å². The maximum Gasteiger partial charge on any atom is 0.413 e. The predicted octanol–water partition coefficient (Wildman–Crippen LogP) is 2.11. The van der Waals surface area contributed by atoms with E-state index in [0.717, 1.165) is 0 Å². The number of ketones is 1. The standard InChI is InChI=1S/C13H21NO4/c1-7-10(15)9-8-17-13(5,6)14(9)11(16)18-12(2,3)4/h7,9H,1,8H2,2-6H3/t9-/m1/s1. The molecule has 1 fully saturated rings. The van der Waals surface area contributed by atoms with Crippen LogP contribution in [-0.2, 0) is 14.3 Å². The van der Waals surface area contributed by atoms with Gasteiger partial charge in [0.15, 0.2) is 5.78 Å². The average Bonchev–Trinajstić information content (AvgIpc) is 2.50. The first-order chi connectivity index (χ1) is 8.08. The Morgan fingerprint density at radius 2 is 2.00 bits per heavy atom. The van der Waals surface area contributed by atoms with Crippen molar-refractivity contribution in [1.82, 2.24) is 4.90 Å². The number of carbonyl (C=O) groups excluding carboxylic acids is 2. The van der Waals surface area contributed by atoms with Gasteiger partial charge in [-0.25, -0.2) is 4.79 Å². The number of amides is 1. The van der Waals surface area contributed by atoms with Gasteiger partial charge in [0.25, 0.3) is 0 Å². The fraction of sp³-hybridized carbons (Fsp3) is 0.692. The predicted molar refractivity (Wildman–Crippen MR) is 67.1 cm³/mol. The van der Waals surface area contributed by atoms with Crippen molar-refractivity contribution in [2.45, 2.75) is 52.0 Å². The van der Waals surface area contributed by atoms with Gasteiger partial charge in [0, 0.05) is 0 Å². The Balaban J connectivity index is 2.95. The first kappa shape index (κ1) is 14.7. The van der Waals surface area contributed by atoms with E-state index in [4.69, 9.17) is 9.47 Å². The van der Waals surface area contributed by atoms with Crippen molar-refractivity contribution < 1.29 is 19.1 Å². The summed E-state index contributed by atoms with van der Waals surface area (Å²) in [6.45, 7) is 12.4. The molecule has 1 saturated heterocycles. The molecule has 5 nitrogen and oxygen atoms in total. The molecule has 1 aliphatic heterocycles. The van der Waals surface area contributed by atoms with Crippen molar-refractivity contribution in [2.24, 2.45) is 0 Å². The van der Waals surface area contributed by atoms with Crippen LogP contribution in [0.4, 0.5) is 4.79 Å². The highest BCUT2D eigenvalue weighted by Crippen LogP contribution is 2.29. The number of hydrogen-bond donors (Lipinski definition) is 0. The van der Waals surface area contributed by atoms with Crippen LogP contribution >= 0.6 is 0 Å². The molecule has 0 bridgehead atoms. The van der Waals surface area contributed by atoms with E-state index in [0.29, 0.717) is 0 Å². The summed E-state index contributed by atoms with van der Waals surface area (Å²) in [4.78, 5) is 25.2. The molecule has 0 aliphatic carbocycles. The highest BCUT2D eigenvalue weighted by atomic mass is 16.6. The van der Waals surface area contributed by atoms with Crippen LogP contribution in [0.1, 0.15) is 34.6 Å². The Labute approximate surface area is 108 Å². The van der Waals surface area contributed by atoms with Gasteiger partial charge in [-0.1, -0.05) is 6.58 Å². The first-order valence-corrected chi connectivity index (χ1v) is 5.91. The summed E-state index contributed by atoms with van der Waals surface area (Å²) in [6, 6.07) is -0.660. The van der Waals surface area contributed by atoms with Crippen LogP contribution in [-0.4, -0.2) is 40.8 Å². The third-order valence-electron chi connectivity index (χ3n) is 2.61. The van der Waals surface area contributed by atoms with Crippen LogP contribution in [0.25, 0.3) is 0 Å². The largest absolute Gasteiger partial charge is 0.444 e. The Morgan fingerprint density at radius 1 is 1.44 bits per heavy atom. The lowest BCUT2D eigenvalue weighted by molar-refractivity contribution is -0.120. The quantitative estimate of drug-likeness (QED) is 0.709. The molecule has 0 aromatic rings. The summed E-state index contributed by atoms with van der Waals surface area (Å²) in [5, 5.41) is 0. The molecule has 0 unspecified atom stereocenters. The third-order valence-corrected chi connectivity index (χ3v) is 2.61. The highest BCUT2D eigenvalue weighted by Gasteiger charge is 2.47. The molecule has 0 aromatic carbocycles. The van der Waals surface area contributed by atoms with E-state index in [2.05, 4.69) is 6.58 Å². The normalized spacial score (nSPS) is 22.7. The number of rotatable bonds is 2. The second-order valence-corrected chi connectivity index (χ2v) is 5.73. The zero-order valence-corrected chi connectivity index (χ0v) is 11.6. The van der Waals surface area contributed by atoms with Gasteiger partial charge >= 0.3 is 6.09 Å². The van der Waals surface area contributed by atoms with Crippen LogP contribution in [0, 0.1) is 0 Å². The SMILES string of the molecule is C=CC(=O)[C@H]1COC(C)(C)N1C(=O)OC(C)(C)C. The maximum absolute atomic E-state index is 12.1. The van der Waals surface area contributed by atoms with Gasteiger partial charge in [-0.05, 0) is 40.7 Å². The fourth-order valence-corrected chi connectivity index (χ4v) is 1.81. The topological polar surface area (TPSA) is 55.8 Å². The van der Waals surface area contributed by atoms with Gasteiger partial charge in [-0.3, -0.25) is 9.69 Å². The first-order valence-electron chi connectivity index (χ1n) is 5.91. The lowest BCUT2D eigenvalue weighted by Gasteiger charge is -2.34. The van der Waals surface area contributed by atoms with E-state index >= 15 is 0 Å². The highest BCUT2D eigenvalue weighted by molar-refractivity contribution is 5.96. The van der Waals surface area contributed by atoms with Crippen LogP contribution in [0.2, 0.25) is 0 Å². The van der Waals surface area contributed by atoms with E-state index in [9.17, 15) is 9.59 Å². The zero-order chi connectivity index (χ0) is 14.1. The molecule has 1 heterocycles. The van der Waals surface area contributed by atoms with E-state index in [1.807, 2.05) is 0 Å². The molecule has 5 heteroatoms. The van der Waals surface area contributed by atoms with Crippen LogP contribution in [0.15, 0.2) is 12.7 Å². The zero-order valence-electron chi connectivity index (χ0n) is 11.6. The van der Waals surface area contributed by atoms with E-state index < -0.39 is 23.5 Å². The van der Waals surface area contributed by atoms with E-state index in [-0.39, 0.29) is 12.4 Å². The van der Waals surface area contributed by atoms with Crippen molar-refractivity contribution in [3.8, 4) is 0 Å². The molecule has 0 aromatic heterocycles. The smallest absolute Gasteiger partial charge is 0.413 e. The Bertz CT molecular complexity index is 368. The van der Waals surface area contributed by atoms with Gasteiger partial charge < -0.3 is 9.47 Å². The maximum atomic E-state index is 12.1. The van der Waals surface area contributed by atoms with Gasteiger partial charge in [0.1, 0.15) is 17.4 Å². The molecular weight excluding hydrogens is 234 g/mol. The van der Waals surface area contributed by atoms with Crippen molar-refractivity contribution in [1.29, 1.82) is 0 Å². The number of hydrogen-bond acceptors (Lipinski definition) is 4. The van der Waals surface area contributed by atoms with Gasteiger partial charge in [0.2, 0.25) is 0 Å². The average molecular weight is 255 g/mol. The molecule has 0 saturated carbocycles. The number of ether oxygens (including phenoxy) is 2. The summed E-state index contributed by atoms with van der Waals surface area (Å²) in [5.74, 6) is -0.244. The summed E-state index contributed by atoms with van der Waals surface area (Å²) in [6.07, 6.45) is 0.650. The molecule has 0 spiro atoms. The molecule has 1 atom stereocenters. The van der Waals surface area contributed by atoms with Gasteiger partial charge in [-0.15, -0.1) is 0 Å². The Hall–Kier alpha value is -1.36. The van der Waals surface area contributed by atoms with Crippen LogP contribution in [0.3, 0.4) is 0 Å². The molecule has 1 amide bonds. The summed E-state index contributed by atoms with van der Waals surface area (Å²) in [7, 11) is 0. The van der Waals surface area contributed by atoms with Crippen LogP contribution in [0.5, 0.6) is 0 Å². The van der Waals surface area contributed by atoms with Crippen molar-refractivity contribution in [3.05, 3.63) is 12.7 Å². The lowest BCUT2D eigenvalue weighted by atomic mass is 10.1. The molecule has 18 heavy (non-hydrogen) atoms.